The summed E-state index contributed by atoms with van der Waals surface area (Å²) < 4.78 is 13.0. The minimum absolute atomic E-state index is 0. The zero-order chi connectivity index (χ0) is 19.7. The first-order valence-corrected chi connectivity index (χ1v) is 9.70. The van der Waals surface area contributed by atoms with Crippen LogP contribution in [0, 0.1) is 23.6 Å². The molecule has 2 bridgehead atoms. The van der Waals surface area contributed by atoms with Crippen molar-refractivity contribution in [3.63, 3.8) is 0 Å². The van der Waals surface area contributed by atoms with Crippen LogP contribution in [-0.4, -0.2) is 17.9 Å². The van der Waals surface area contributed by atoms with Crippen LogP contribution in [-0.2, 0) is 11.3 Å². The Bertz CT molecular complexity index is 888. The summed E-state index contributed by atoms with van der Waals surface area (Å²) in [5, 5.41) is 5.80. The zero-order valence-electron chi connectivity index (χ0n) is 15.9. The van der Waals surface area contributed by atoms with Crippen LogP contribution in [0.1, 0.15) is 35.2 Å². The number of hydrogen-bond donors (Lipinski definition) is 3. The average Bonchev–Trinajstić information content (AvgIpc) is 3.28. The van der Waals surface area contributed by atoms with E-state index in [2.05, 4.69) is 10.6 Å². The Labute approximate surface area is 175 Å². The predicted molar refractivity (Wildman–Crippen MR) is 112 cm³/mol. The fraction of sp³-hybridized carbons (Fsp3) is 0.364. The molecular formula is C22H25ClFN3O2. The molecule has 2 aromatic rings. The first-order valence-electron chi connectivity index (χ1n) is 9.70. The molecule has 0 heterocycles. The summed E-state index contributed by atoms with van der Waals surface area (Å²) in [7, 11) is 0. The molecule has 29 heavy (non-hydrogen) atoms. The number of fused-ring (bicyclic) bond motifs is 2. The third-order valence-corrected chi connectivity index (χ3v) is 6.04. The lowest BCUT2D eigenvalue weighted by atomic mass is 9.84. The molecule has 4 N–H and O–H groups in total. The number of nitrogens with one attached hydrogen (secondary N) is 2. The van der Waals surface area contributed by atoms with E-state index in [9.17, 15) is 14.0 Å². The van der Waals surface area contributed by atoms with Gasteiger partial charge < -0.3 is 16.4 Å². The number of halogens is 2. The summed E-state index contributed by atoms with van der Waals surface area (Å²) in [6, 6.07) is 12.7. The second-order valence-electron chi connectivity index (χ2n) is 7.82. The minimum Gasteiger partial charge on any atom is -0.352 e. The van der Waals surface area contributed by atoms with Crippen molar-refractivity contribution in [3.05, 3.63) is 65.5 Å². The van der Waals surface area contributed by atoms with Crippen molar-refractivity contribution in [3.8, 4) is 0 Å². The number of rotatable bonds is 5. The molecule has 4 rings (SSSR count). The fourth-order valence-corrected chi connectivity index (χ4v) is 4.60. The second kappa shape index (κ2) is 8.93. The Kier molecular flexibility index (Phi) is 6.55. The lowest BCUT2D eigenvalue weighted by Crippen LogP contribution is -2.45. The van der Waals surface area contributed by atoms with E-state index in [1.165, 1.54) is 24.3 Å². The summed E-state index contributed by atoms with van der Waals surface area (Å²) in [6.07, 6.45) is 3.32. The number of nitrogens with two attached hydrogens (primary N) is 1. The molecule has 2 saturated carbocycles. The Hall–Kier alpha value is -2.44. The standard InChI is InChI=1S/C22H24FN3O2.ClH/c23-17-8-6-14(7-9-17)21(27)26-18-3-1-2-13(10-18)12-25-22(28)19-15-4-5-16(11-15)20(19)24;/h1-3,6-10,15-16,19-20H,4-5,11-12,24H2,(H,25,28)(H,26,27);1H. The van der Waals surface area contributed by atoms with Crippen molar-refractivity contribution in [2.75, 3.05) is 5.32 Å². The SMILES string of the molecule is Cl.NC1C2CCC(C2)C1C(=O)NCc1cccc(NC(=O)c2ccc(F)cc2)c1. The van der Waals surface area contributed by atoms with Gasteiger partial charge in [0, 0.05) is 23.8 Å². The normalized spacial score (nSPS) is 24.6. The molecule has 4 atom stereocenters. The summed E-state index contributed by atoms with van der Waals surface area (Å²) in [6.45, 7) is 0.389. The molecule has 7 heteroatoms. The number of benzene rings is 2. The summed E-state index contributed by atoms with van der Waals surface area (Å²) in [5.41, 5.74) is 8.14. The van der Waals surface area contributed by atoms with Crippen molar-refractivity contribution in [1.29, 1.82) is 0 Å². The molecule has 154 valence electrons. The van der Waals surface area contributed by atoms with Crippen LogP contribution < -0.4 is 16.4 Å². The maximum absolute atomic E-state index is 13.0. The highest BCUT2D eigenvalue weighted by Gasteiger charge is 2.48. The zero-order valence-corrected chi connectivity index (χ0v) is 16.8. The van der Waals surface area contributed by atoms with Crippen LogP contribution >= 0.6 is 12.4 Å². The van der Waals surface area contributed by atoms with Crippen LogP contribution in [0.3, 0.4) is 0 Å². The highest BCUT2D eigenvalue weighted by molar-refractivity contribution is 6.04. The van der Waals surface area contributed by atoms with Gasteiger partial charge in [0.2, 0.25) is 5.91 Å². The number of hydrogen-bond acceptors (Lipinski definition) is 3. The van der Waals surface area contributed by atoms with Gasteiger partial charge in [0.05, 0.1) is 5.92 Å². The molecule has 2 aliphatic rings. The molecule has 0 aromatic heterocycles. The summed E-state index contributed by atoms with van der Waals surface area (Å²) in [4.78, 5) is 24.9. The van der Waals surface area contributed by atoms with Crippen LogP contribution in [0.2, 0.25) is 0 Å². The third-order valence-electron chi connectivity index (χ3n) is 6.04. The summed E-state index contributed by atoms with van der Waals surface area (Å²) >= 11 is 0. The number of anilines is 1. The monoisotopic (exact) mass is 417 g/mol. The number of amides is 2. The Morgan fingerprint density at radius 2 is 1.79 bits per heavy atom. The van der Waals surface area contributed by atoms with Crippen molar-refractivity contribution >= 4 is 29.9 Å². The van der Waals surface area contributed by atoms with Gasteiger partial charge in [-0.05, 0) is 73.1 Å². The molecule has 4 unspecified atom stereocenters. The van der Waals surface area contributed by atoms with Crippen molar-refractivity contribution in [1.82, 2.24) is 5.32 Å². The lowest BCUT2D eigenvalue weighted by Gasteiger charge is -2.27. The maximum atomic E-state index is 13.0. The van der Waals surface area contributed by atoms with Gasteiger partial charge in [-0.15, -0.1) is 12.4 Å². The van der Waals surface area contributed by atoms with Crippen LogP contribution in [0.4, 0.5) is 10.1 Å². The van der Waals surface area contributed by atoms with Crippen molar-refractivity contribution < 1.29 is 14.0 Å². The van der Waals surface area contributed by atoms with Gasteiger partial charge in [-0.3, -0.25) is 9.59 Å². The van der Waals surface area contributed by atoms with Gasteiger partial charge in [0.1, 0.15) is 5.82 Å². The van der Waals surface area contributed by atoms with Gasteiger partial charge in [-0.25, -0.2) is 4.39 Å². The van der Waals surface area contributed by atoms with Gasteiger partial charge in [-0.2, -0.15) is 0 Å². The van der Waals surface area contributed by atoms with Gasteiger partial charge in [0.25, 0.3) is 5.91 Å². The molecule has 2 fully saturated rings. The first kappa shape index (κ1) is 21.3. The molecule has 2 aromatic carbocycles. The highest BCUT2D eigenvalue weighted by Crippen LogP contribution is 2.47. The number of carbonyl (C=O) groups excluding carboxylic acids is 2. The topological polar surface area (TPSA) is 84.2 Å². The van der Waals surface area contributed by atoms with E-state index in [0.29, 0.717) is 29.6 Å². The molecule has 0 radical (unpaired) electrons. The van der Waals surface area contributed by atoms with Gasteiger partial charge in [0.15, 0.2) is 0 Å². The predicted octanol–water partition coefficient (Wildman–Crippen LogP) is 3.49. The van der Waals surface area contributed by atoms with E-state index in [1.54, 1.807) is 6.07 Å². The minimum atomic E-state index is -0.385. The van der Waals surface area contributed by atoms with Crippen LogP contribution in [0.25, 0.3) is 0 Å². The molecule has 0 saturated heterocycles. The quantitative estimate of drug-likeness (QED) is 0.696. The van der Waals surface area contributed by atoms with E-state index in [1.807, 2.05) is 18.2 Å². The number of carbonyl (C=O) groups is 2. The lowest BCUT2D eigenvalue weighted by molar-refractivity contribution is -0.127. The van der Waals surface area contributed by atoms with E-state index in [4.69, 9.17) is 5.73 Å². The Morgan fingerprint density at radius 3 is 2.48 bits per heavy atom. The van der Waals surface area contributed by atoms with Crippen molar-refractivity contribution in [2.45, 2.75) is 31.8 Å². The van der Waals surface area contributed by atoms with E-state index in [-0.39, 0.29) is 42.0 Å². The molecule has 0 aliphatic heterocycles. The van der Waals surface area contributed by atoms with Gasteiger partial charge in [-0.1, -0.05) is 12.1 Å². The van der Waals surface area contributed by atoms with Crippen molar-refractivity contribution in [2.24, 2.45) is 23.5 Å². The maximum Gasteiger partial charge on any atom is 0.255 e. The van der Waals surface area contributed by atoms with Gasteiger partial charge >= 0.3 is 0 Å². The Balaban J connectivity index is 0.00000240. The summed E-state index contributed by atoms with van der Waals surface area (Å²) in [5.74, 6) is 0.159. The Morgan fingerprint density at radius 1 is 1.07 bits per heavy atom. The average molecular weight is 418 g/mol. The molecule has 0 spiro atoms. The largest absolute Gasteiger partial charge is 0.352 e. The van der Waals surface area contributed by atoms with Crippen LogP contribution in [0.15, 0.2) is 48.5 Å². The van der Waals surface area contributed by atoms with E-state index >= 15 is 0 Å². The molecule has 5 nitrogen and oxygen atoms in total. The van der Waals surface area contributed by atoms with E-state index in [0.717, 1.165) is 24.8 Å². The first-order chi connectivity index (χ1) is 13.5. The third kappa shape index (κ3) is 4.60. The molecular weight excluding hydrogens is 393 g/mol. The molecule has 2 amide bonds. The van der Waals surface area contributed by atoms with E-state index < -0.39 is 0 Å². The second-order valence-corrected chi connectivity index (χ2v) is 7.82. The smallest absolute Gasteiger partial charge is 0.255 e. The van der Waals surface area contributed by atoms with Crippen LogP contribution in [0.5, 0.6) is 0 Å². The highest BCUT2D eigenvalue weighted by atomic mass is 35.5. The molecule has 2 aliphatic carbocycles. The fourth-order valence-electron chi connectivity index (χ4n) is 4.60.